The fraction of sp³-hybridized carbons (Fsp3) is 0.436. The van der Waals surface area contributed by atoms with E-state index in [2.05, 4.69) is 34.6 Å². The van der Waals surface area contributed by atoms with Gasteiger partial charge in [0, 0.05) is 62.0 Å². The van der Waals surface area contributed by atoms with Gasteiger partial charge in [-0.15, -0.1) is 0 Å². The monoisotopic (exact) mass is 632 g/mol. The lowest BCUT2D eigenvalue weighted by Crippen LogP contribution is -2.50. The smallest absolute Gasteiger partial charge is 0.253 e. The van der Waals surface area contributed by atoms with Crippen LogP contribution in [0.1, 0.15) is 85.7 Å². The number of benzene rings is 3. The standard InChI is InChI=1S/C39H48N6O2/c40-19-9-7-5-3-1-2-4-6-8-10-38(46)44-22-24-45(25-23-44)39(47)34-15-14-32-26-30(11-13-33(32)28-34)17-20-42-37-18-21-43-36-16-12-31(29-41)27-35(36)37/h11-16,18,21,26-28H,1-10,17,19-20,22-25,40H2,(H,42,43). The first-order valence-electron chi connectivity index (χ1n) is 17.4. The number of pyridine rings is 1. The summed E-state index contributed by atoms with van der Waals surface area (Å²) in [6, 6.07) is 22.0. The van der Waals surface area contributed by atoms with Crippen molar-refractivity contribution in [3.63, 3.8) is 0 Å². The number of anilines is 1. The van der Waals surface area contributed by atoms with E-state index >= 15 is 0 Å². The van der Waals surface area contributed by atoms with E-state index in [4.69, 9.17) is 5.73 Å². The Morgan fingerprint density at radius 3 is 2.21 bits per heavy atom. The second-order valence-corrected chi connectivity index (χ2v) is 12.7. The van der Waals surface area contributed by atoms with Crippen molar-refractivity contribution < 1.29 is 9.59 Å². The largest absolute Gasteiger partial charge is 0.384 e. The van der Waals surface area contributed by atoms with Gasteiger partial charge in [0.05, 0.1) is 17.1 Å². The maximum atomic E-state index is 13.4. The highest BCUT2D eigenvalue weighted by molar-refractivity contribution is 5.99. The third kappa shape index (κ3) is 9.52. The van der Waals surface area contributed by atoms with Crippen molar-refractivity contribution in [1.82, 2.24) is 14.8 Å². The van der Waals surface area contributed by atoms with Gasteiger partial charge in [0.2, 0.25) is 5.91 Å². The Balaban J connectivity index is 1.04. The Labute approximate surface area is 278 Å². The minimum Gasteiger partial charge on any atom is -0.384 e. The Hall–Kier alpha value is -4.48. The molecule has 0 radical (unpaired) electrons. The van der Waals surface area contributed by atoms with Gasteiger partial charge in [-0.2, -0.15) is 5.26 Å². The molecular weight excluding hydrogens is 584 g/mol. The summed E-state index contributed by atoms with van der Waals surface area (Å²) in [6.07, 6.45) is 14.0. The number of amides is 2. The average Bonchev–Trinajstić information content (AvgIpc) is 3.11. The van der Waals surface area contributed by atoms with Gasteiger partial charge < -0.3 is 20.9 Å². The van der Waals surface area contributed by atoms with Crippen molar-refractivity contribution in [2.24, 2.45) is 5.73 Å². The molecule has 1 aliphatic heterocycles. The first kappa shape index (κ1) is 33.9. The predicted molar refractivity (Wildman–Crippen MR) is 190 cm³/mol. The van der Waals surface area contributed by atoms with Gasteiger partial charge in [0.15, 0.2) is 0 Å². The fourth-order valence-corrected chi connectivity index (χ4v) is 6.45. The summed E-state index contributed by atoms with van der Waals surface area (Å²) in [5, 5.41) is 15.9. The molecule has 5 rings (SSSR count). The van der Waals surface area contributed by atoms with E-state index in [9.17, 15) is 14.9 Å². The molecule has 47 heavy (non-hydrogen) atoms. The number of nitriles is 1. The topological polar surface area (TPSA) is 115 Å². The predicted octanol–water partition coefficient (Wildman–Crippen LogP) is 7.06. The van der Waals surface area contributed by atoms with Crippen molar-refractivity contribution >= 4 is 39.2 Å². The summed E-state index contributed by atoms with van der Waals surface area (Å²) < 4.78 is 0. The highest BCUT2D eigenvalue weighted by Gasteiger charge is 2.24. The summed E-state index contributed by atoms with van der Waals surface area (Å²) in [6.45, 7) is 3.89. The van der Waals surface area contributed by atoms with E-state index < -0.39 is 0 Å². The Bertz CT molecular complexity index is 1690. The van der Waals surface area contributed by atoms with Crippen LogP contribution in [-0.4, -0.2) is 65.9 Å². The molecule has 2 heterocycles. The van der Waals surface area contributed by atoms with E-state index in [1.54, 1.807) is 12.3 Å². The zero-order valence-electron chi connectivity index (χ0n) is 27.6. The lowest BCUT2D eigenvalue weighted by Gasteiger charge is -2.35. The van der Waals surface area contributed by atoms with E-state index in [0.717, 1.165) is 66.1 Å². The van der Waals surface area contributed by atoms with Gasteiger partial charge >= 0.3 is 0 Å². The molecule has 246 valence electrons. The molecule has 1 saturated heterocycles. The van der Waals surface area contributed by atoms with Crippen LogP contribution in [0.25, 0.3) is 21.7 Å². The summed E-state index contributed by atoms with van der Waals surface area (Å²) in [4.78, 5) is 34.3. The van der Waals surface area contributed by atoms with Crippen LogP contribution in [0.4, 0.5) is 5.69 Å². The van der Waals surface area contributed by atoms with Crippen LogP contribution < -0.4 is 11.1 Å². The molecule has 3 N–H and O–H groups in total. The van der Waals surface area contributed by atoms with Crippen LogP contribution in [0.2, 0.25) is 0 Å². The Kier molecular flexibility index (Phi) is 12.6. The molecule has 0 aliphatic carbocycles. The van der Waals surface area contributed by atoms with Gasteiger partial charge in [0.25, 0.3) is 5.91 Å². The molecule has 0 bridgehead atoms. The average molecular weight is 633 g/mol. The highest BCUT2D eigenvalue weighted by Crippen LogP contribution is 2.24. The van der Waals surface area contributed by atoms with Gasteiger partial charge in [-0.05, 0) is 78.5 Å². The highest BCUT2D eigenvalue weighted by atomic mass is 16.2. The number of nitrogens with two attached hydrogens (primary N) is 1. The molecule has 0 atom stereocenters. The van der Waals surface area contributed by atoms with E-state index in [1.807, 2.05) is 46.2 Å². The van der Waals surface area contributed by atoms with Crippen LogP contribution in [0.5, 0.6) is 0 Å². The zero-order chi connectivity index (χ0) is 32.8. The number of unbranched alkanes of at least 4 members (excludes halogenated alkanes) is 8. The second-order valence-electron chi connectivity index (χ2n) is 12.7. The molecule has 1 aliphatic rings. The summed E-state index contributed by atoms with van der Waals surface area (Å²) >= 11 is 0. The minimum atomic E-state index is 0.0273. The molecule has 4 aromatic rings. The van der Waals surface area contributed by atoms with Crippen LogP contribution in [0.15, 0.2) is 66.9 Å². The molecular formula is C39H48N6O2. The summed E-state index contributed by atoms with van der Waals surface area (Å²) in [5.74, 6) is 0.247. The van der Waals surface area contributed by atoms with Crippen LogP contribution >= 0.6 is 0 Å². The molecule has 0 unspecified atom stereocenters. The van der Waals surface area contributed by atoms with E-state index in [1.165, 1.54) is 44.1 Å². The fourth-order valence-electron chi connectivity index (χ4n) is 6.45. The lowest BCUT2D eigenvalue weighted by atomic mass is 10.0. The number of nitrogens with one attached hydrogen (secondary N) is 1. The number of aromatic nitrogens is 1. The first-order chi connectivity index (χ1) is 23.1. The van der Waals surface area contributed by atoms with Gasteiger partial charge in [-0.1, -0.05) is 69.2 Å². The van der Waals surface area contributed by atoms with Crippen molar-refractivity contribution in [2.45, 2.75) is 70.6 Å². The van der Waals surface area contributed by atoms with Crippen molar-refractivity contribution in [3.05, 3.63) is 83.6 Å². The number of carbonyl (C=O) groups excluding carboxylic acids is 2. The summed E-state index contributed by atoms with van der Waals surface area (Å²) in [5.41, 5.74) is 9.88. The molecule has 1 aromatic heterocycles. The van der Waals surface area contributed by atoms with Crippen LogP contribution in [0.3, 0.4) is 0 Å². The number of hydrogen-bond acceptors (Lipinski definition) is 6. The van der Waals surface area contributed by atoms with Crippen molar-refractivity contribution in [3.8, 4) is 6.07 Å². The molecule has 2 amide bonds. The number of fused-ring (bicyclic) bond motifs is 2. The number of rotatable bonds is 16. The molecule has 8 nitrogen and oxygen atoms in total. The molecule has 0 spiro atoms. The molecule has 0 saturated carbocycles. The Morgan fingerprint density at radius 2 is 1.47 bits per heavy atom. The third-order valence-electron chi connectivity index (χ3n) is 9.27. The second kappa shape index (κ2) is 17.4. The quantitative estimate of drug-likeness (QED) is 0.128. The van der Waals surface area contributed by atoms with Gasteiger partial charge in [-0.25, -0.2) is 0 Å². The van der Waals surface area contributed by atoms with Crippen LogP contribution in [0, 0.1) is 11.3 Å². The zero-order valence-corrected chi connectivity index (χ0v) is 27.6. The number of carbonyl (C=O) groups is 2. The normalized spacial score (nSPS) is 13.2. The van der Waals surface area contributed by atoms with Crippen LogP contribution in [-0.2, 0) is 11.2 Å². The Morgan fingerprint density at radius 1 is 0.787 bits per heavy atom. The molecule has 8 heteroatoms. The minimum absolute atomic E-state index is 0.0273. The SMILES string of the molecule is N#Cc1ccc2nccc(NCCc3ccc4cc(C(=O)N5CCN(C(=O)CCCCCCCCCCCN)CC5)ccc4c3)c2c1. The molecule has 1 fully saturated rings. The van der Waals surface area contributed by atoms with Crippen molar-refractivity contribution in [1.29, 1.82) is 5.26 Å². The number of piperazine rings is 1. The summed E-state index contributed by atoms with van der Waals surface area (Å²) in [7, 11) is 0. The van der Waals surface area contributed by atoms with Gasteiger partial charge in [-0.3, -0.25) is 14.6 Å². The van der Waals surface area contributed by atoms with E-state index in [0.29, 0.717) is 43.7 Å². The van der Waals surface area contributed by atoms with Gasteiger partial charge in [0.1, 0.15) is 0 Å². The van der Waals surface area contributed by atoms with E-state index in [-0.39, 0.29) is 11.8 Å². The third-order valence-corrected chi connectivity index (χ3v) is 9.27. The first-order valence-corrected chi connectivity index (χ1v) is 17.4. The number of nitrogens with zero attached hydrogens (tertiary/aromatic N) is 4. The maximum Gasteiger partial charge on any atom is 0.253 e. The van der Waals surface area contributed by atoms with Crippen molar-refractivity contribution in [2.75, 3.05) is 44.6 Å². The molecule has 3 aromatic carbocycles. The number of hydrogen-bond donors (Lipinski definition) is 2. The maximum absolute atomic E-state index is 13.4. The lowest BCUT2D eigenvalue weighted by molar-refractivity contribution is -0.132.